The highest BCUT2D eigenvalue weighted by Gasteiger charge is 2.11. The molecule has 0 spiro atoms. The smallest absolute Gasteiger partial charge is 0.244 e. The number of nitrogens with one attached hydrogen (secondary N) is 1. The van der Waals surface area contributed by atoms with Crippen LogP contribution in [0, 0.1) is 5.92 Å². The normalized spacial score (nSPS) is 11.5. The van der Waals surface area contributed by atoms with E-state index in [1.54, 1.807) is 4.90 Å². The number of hydrogen-bond donors (Lipinski definition) is 2. The molecule has 0 aliphatic heterocycles. The number of guanidine groups is 1. The summed E-state index contributed by atoms with van der Waals surface area (Å²) in [7, 11) is 0. The summed E-state index contributed by atoms with van der Waals surface area (Å²) in [5.41, 5.74) is 6.89. The summed E-state index contributed by atoms with van der Waals surface area (Å²) >= 11 is 0. The zero-order valence-corrected chi connectivity index (χ0v) is 13.9. The van der Waals surface area contributed by atoms with Gasteiger partial charge in [-0.2, -0.15) is 0 Å². The Balaban J connectivity index is 2.44. The lowest BCUT2D eigenvalue weighted by molar-refractivity contribution is -0.130. The van der Waals surface area contributed by atoms with Crippen LogP contribution in [0.2, 0.25) is 0 Å². The predicted octanol–water partition coefficient (Wildman–Crippen LogP) is 1.99. The standard InChI is InChI=1S/C17H28N4O/c1-4-21(13-15-8-6-5-7-9-15)16(22)12-20-17(18)19-11-10-14(2)3/h5-9,14H,4,10-13H2,1-3H3,(H3,18,19,20). The topological polar surface area (TPSA) is 70.7 Å². The maximum Gasteiger partial charge on any atom is 0.244 e. The molecule has 5 heteroatoms. The molecular formula is C17H28N4O. The van der Waals surface area contributed by atoms with Crippen molar-refractivity contribution in [1.29, 1.82) is 0 Å². The number of rotatable bonds is 8. The summed E-state index contributed by atoms with van der Waals surface area (Å²) in [6.07, 6.45) is 1.03. The number of nitrogens with two attached hydrogens (primary N) is 1. The summed E-state index contributed by atoms with van der Waals surface area (Å²) in [6, 6.07) is 9.95. The molecule has 5 nitrogen and oxygen atoms in total. The van der Waals surface area contributed by atoms with E-state index in [0.29, 0.717) is 25.0 Å². The average Bonchev–Trinajstić information content (AvgIpc) is 2.51. The molecule has 1 amide bonds. The maximum absolute atomic E-state index is 12.2. The zero-order chi connectivity index (χ0) is 16.4. The summed E-state index contributed by atoms with van der Waals surface area (Å²) in [4.78, 5) is 18.1. The van der Waals surface area contributed by atoms with Crippen LogP contribution >= 0.6 is 0 Å². The van der Waals surface area contributed by atoms with Crippen molar-refractivity contribution < 1.29 is 4.79 Å². The number of nitrogens with zero attached hydrogens (tertiary/aromatic N) is 2. The van der Waals surface area contributed by atoms with Crippen molar-refractivity contribution in [3.05, 3.63) is 35.9 Å². The Morgan fingerprint density at radius 3 is 2.59 bits per heavy atom. The van der Waals surface area contributed by atoms with Crippen LogP contribution in [0.1, 0.15) is 32.8 Å². The molecule has 0 unspecified atom stereocenters. The summed E-state index contributed by atoms with van der Waals surface area (Å²) < 4.78 is 0. The first-order chi connectivity index (χ1) is 10.5. The molecule has 0 atom stereocenters. The van der Waals surface area contributed by atoms with E-state index in [-0.39, 0.29) is 12.5 Å². The first-order valence-electron chi connectivity index (χ1n) is 7.88. The lowest BCUT2D eigenvalue weighted by Crippen LogP contribution is -2.36. The Labute approximate surface area is 133 Å². The largest absolute Gasteiger partial charge is 0.370 e. The molecule has 0 radical (unpaired) electrons. The van der Waals surface area contributed by atoms with Gasteiger partial charge in [0.2, 0.25) is 5.91 Å². The van der Waals surface area contributed by atoms with Crippen LogP contribution in [-0.4, -0.2) is 36.4 Å². The third-order valence-electron chi connectivity index (χ3n) is 3.36. The van der Waals surface area contributed by atoms with E-state index in [0.717, 1.165) is 18.5 Å². The van der Waals surface area contributed by atoms with Gasteiger partial charge < -0.3 is 16.0 Å². The molecule has 0 aromatic heterocycles. The fourth-order valence-corrected chi connectivity index (χ4v) is 1.98. The highest BCUT2D eigenvalue weighted by atomic mass is 16.2. The van der Waals surface area contributed by atoms with Crippen LogP contribution in [0.5, 0.6) is 0 Å². The molecule has 0 bridgehead atoms. The number of carbonyl (C=O) groups is 1. The highest BCUT2D eigenvalue weighted by molar-refractivity contribution is 5.84. The van der Waals surface area contributed by atoms with E-state index in [1.165, 1.54) is 0 Å². The molecule has 22 heavy (non-hydrogen) atoms. The number of likely N-dealkylation sites (N-methyl/N-ethyl adjacent to an activating group) is 1. The number of amides is 1. The first-order valence-corrected chi connectivity index (χ1v) is 7.88. The molecule has 0 aliphatic rings. The molecular weight excluding hydrogens is 276 g/mol. The van der Waals surface area contributed by atoms with Gasteiger partial charge >= 0.3 is 0 Å². The van der Waals surface area contributed by atoms with Crippen LogP contribution < -0.4 is 11.1 Å². The van der Waals surface area contributed by atoms with Crippen molar-refractivity contribution in [2.24, 2.45) is 16.6 Å². The minimum absolute atomic E-state index is 0.0139. The van der Waals surface area contributed by atoms with Crippen molar-refractivity contribution in [2.75, 3.05) is 19.6 Å². The number of carbonyl (C=O) groups excluding carboxylic acids is 1. The third kappa shape index (κ3) is 7.11. The molecule has 3 N–H and O–H groups in total. The molecule has 0 heterocycles. The molecule has 1 aromatic rings. The fraction of sp³-hybridized carbons (Fsp3) is 0.529. The van der Waals surface area contributed by atoms with Gasteiger partial charge in [-0.05, 0) is 24.8 Å². The monoisotopic (exact) mass is 304 g/mol. The Kier molecular flexibility index (Phi) is 8.04. The van der Waals surface area contributed by atoms with Crippen LogP contribution in [0.15, 0.2) is 35.3 Å². The van der Waals surface area contributed by atoms with Gasteiger partial charge in [-0.15, -0.1) is 0 Å². The SMILES string of the molecule is CCN(Cc1ccccc1)C(=O)CN=C(N)NCCC(C)C. The second-order valence-electron chi connectivity index (χ2n) is 5.70. The van der Waals surface area contributed by atoms with Crippen molar-refractivity contribution in [3.63, 3.8) is 0 Å². The molecule has 122 valence electrons. The van der Waals surface area contributed by atoms with Crippen LogP contribution in [0.4, 0.5) is 0 Å². The van der Waals surface area contributed by atoms with Gasteiger partial charge in [-0.3, -0.25) is 4.79 Å². The fourth-order valence-electron chi connectivity index (χ4n) is 1.98. The number of hydrogen-bond acceptors (Lipinski definition) is 2. The Hall–Kier alpha value is -2.04. The molecule has 1 rings (SSSR count). The second-order valence-corrected chi connectivity index (χ2v) is 5.70. The van der Waals surface area contributed by atoms with E-state index in [1.807, 2.05) is 37.3 Å². The summed E-state index contributed by atoms with van der Waals surface area (Å²) in [6.45, 7) is 8.40. The van der Waals surface area contributed by atoms with E-state index in [4.69, 9.17) is 5.73 Å². The van der Waals surface area contributed by atoms with Crippen LogP contribution in [0.3, 0.4) is 0 Å². The van der Waals surface area contributed by atoms with Crippen LogP contribution in [-0.2, 0) is 11.3 Å². The highest BCUT2D eigenvalue weighted by Crippen LogP contribution is 2.04. The van der Waals surface area contributed by atoms with E-state index in [9.17, 15) is 4.79 Å². The Bertz CT molecular complexity index is 471. The van der Waals surface area contributed by atoms with Gasteiger partial charge in [0.1, 0.15) is 6.54 Å². The Morgan fingerprint density at radius 1 is 1.32 bits per heavy atom. The second kappa shape index (κ2) is 9.82. The first kappa shape index (κ1) is 18.0. The molecule has 0 fully saturated rings. The molecule has 0 saturated heterocycles. The predicted molar refractivity (Wildman–Crippen MR) is 91.5 cm³/mol. The van der Waals surface area contributed by atoms with Crippen molar-refractivity contribution in [1.82, 2.24) is 10.2 Å². The lowest BCUT2D eigenvalue weighted by Gasteiger charge is -2.20. The van der Waals surface area contributed by atoms with Gasteiger partial charge in [-0.1, -0.05) is 44.2 Å². The van der Waals surface area contributed by atoms with Crippen molar-refractivity contribution in [2.45, 2.75) is 33.7 Å². The zero-order valence-electron chi connectivity index (χ0n) is 13.9. The van der Waals surface area contributed by atoms with Gasteiger partial charge in [0, 0.05) is 19.6 Å². The molecule has 0 aliphatic carbocycles. The van der Waals surface area contributed by atoms with Crippen LogP contribution in [0.25, 0.3) is 0 Å². The van der Waals surface area contributed by atoms with E-state index in [2.05, 4.69) is 24.2 Å². The molecule has 0 saturated carbocycles. The van der Waals surface area contributed by atoms with Gasteiger partial charge in [-0.25, -0.2) is 4.99 Å². The lowest BCUT2D eigenvalue weighted by atomic mass is 10.1. The average molecular weight is 304 g/mol. The minimum Gasteiger partial charge on any atom is -0.370 e. The quantitative estimate of drug-likeness (QED) is 0.570. The minimum atomic E-state index is -0.0139. The number of aliphatic imine (C=N–C) groups is 1. The summed E-state index contributed by atoms with van der Waals surface area (Å²) in [5, 5.41) is 3.03. The van der Waals surface area contributed by atoms with E-state index < -0.39 is 0 Å². The summed E-state index contributed by atoms with van der Waals surface area (Å²) in [5.74, 6) is 0.938. The van der Waals surface area contributed by atoms with E-state index >= 15 is 0 Å². The maximum atomic E-state index is 12.2. The number of benzene rings is 1. The Morgan fingerprint density at radius 2 is 2.00 bits per heavy atom. The van der Waals surface area contributed by atoms with Gasteiger partial charge in [0.25, 0.3) is 0 Å². The van der Waals surface area contributed by atoms with Gasteiger partial charge in [0.05, 0.1) is 0 Å². The van der Waals surface area contributed by atoms with Crippen molar-refractivity contribution >= 4 is 11.9 Å². The van der Waals surface area contributed by atoms with Crippen molar-refractivity contribution in [3.8, 4) is 0 Å². The molecule has 1 aromatic carbocycles. The third-order valence-corrected chi connectivity index (χ3v) is 3.36. The van der Waals surface area contributed by atoms with Gasteiger partial charge in [0.15, 0.2) is 5.96 Å².